The molecule has 2 heterocycles. The summed E-state index contributed by atoms with van der Waals surface area (Å²) in [4.78, 5) is 29.5. The lowest BCUT2D eigenvalue weighted by Crippen LogP contribution is -2.59. The van der Waals surface area contributed by atoms with Crippen molar-refractivity contribution in [2.75, 3.05) is 27.2 Å². The molecule has 6 heteroatoms. The van der Waals surface area contributed by atoms with Gasteiger partial charge < -0.3 is 14.9 Å². The van der Waals surface area contributed by atoms with Crippen molar-refractivity contribution in [3.8, 4) is 0 Å². The molecular weight excluding hydrogens is 258 g/mol. The molecule has 2 amide bonds. The Bertz CT molecular complexity index is 494. The van der Waals surface area contributed by atoms with Gasteiger partial charge in [-0.25, -0.2) is 0 Å². The molecule has 0 aromatic carbocycles. The fourth-order valence-electron chi connectivity index (χ4n) is 2.63. The number of nitrogens with zero attached hydrogens (tertiary/aromatic N) is 3. The van der Waals surface area contributed by atoms with Crippen LogP contribution in [-0.4, -0.2) is 70.9 Å². The smallest absolute Gasteiger partial charge is 0.280 e. The fourth-order valence-corrected chi connectivity index (χ4v) is 2.63. The molecule has 1 N–H and O–H groups in total. The van der Waals surface area contributed by atoms with E-state index in [4.69, 9.17) is 0 Å². The molecule has 2 aliphatic heterocycles. The third-order valence-electron chi connectivity index (χ3n) is 3.47. The number of amides is 2. The predicted molar refractivity (Wildman–Crippen MR) is 74.8 cm³/mol. The molecule has 0 aromatic heterocycles. The van der Waals surface area contributed by atoms with Crippen molar-refractivity contribution in [1.82, 2.24) is 14.7 Å². The second-order valence-corrected chi connectivity index (χ2v) is 5.71. The van der Waals surface area contributed by atoms with Crippen LogP contribution < -0.4 is 0 Å². The van der Waals surface area contributed by atoms with E-state index in [0.717, 1.165) is 0 Å². The number of carbonyl (C=O) groups is 2. The Labute approximate surface area is 118 Å². The molecule has 20 heavy (non-hydrogen) atoms. The lowest BCUT2D eigenvalue weighted by Gasteiger charge is -2.43. The van der Waals surface area contributed by atoms with E-state index in [0.29, 0.717) is 6.54 Å². The number of piperazine rings is 1. The van der Waals surface area contributed by atoms with Gasteiger partial charge in [0.1, 0.15) is 11.5 Å². The van der Waals surface area contributed by atoms with Crippen LogP contribution in [0.2, 0.25) is 0 Å². The van der Waals surface area contributed by atoms with Crippen LogP contribution >= 0.6 is 0 Å². The van der Waals surface area contributed by atoms with Crippen molar-refractivity contribution in [2.45, 2.75) is 25.9 Å². The molecule has 0 saturated carbocycles. The Hall–Kier alpha value is -1.82. The van der Waals surface area contributed by atoms with E-state index in [-0.39, 0.29) is 36.0 Å². The number of hydrogen-bond acceptors (Lipinski definition) is 5. The van der Waals surface area contributed by atoms with Crippen molar-refractivity contribution < 1.29 is 14.7 Å². The fraction of sp³-hybridized carbons (Fsp3) is 0.571. The van der Waals surface area contributed by atoms with Gasteiger partial charge in [0.25, 0.3) is 5.91 Å². The maximum absolute atomic E-state index is 12.5. The minimum Gasteiger partial charge on any atom is -0.506 e. The summed E-state index contributed by atoms with van der Waals surface area (Å²) in [6.07, 6.45) is 3.37. The number of aliphatic hydroxyl groups excluding tert-OH is 1. The molecule has 0 aliphatic carbocycles. The SMILES string of the molecule is CC(C)N1C(=O)CN2C(=C(O)C=CC2CN(C)C)C1=O. The third-order valence-corrected chi connectivity index (χ3v) is 3.47. The summed E-state index contributed by atoms with van der Waals surface area (Å²) >= 11 is 0. The number of hydrogen-bond donors (Lipinski definition) is 1. The average Bonchev–Trinajstić information content (AvgIpc) is 2.31. The van der Waals surface area contributed by atoms with Gasteiger partial charge in [-0.15, -0.1) is 0 Å². The molecule has 0 radical (unpaired) electrons. The molecule has 0 bridgehead atoms. The topological polar surface area (TPSA) is 64.1 Å². The van der Waals surface area contributed by atoms with Gasteiger partial charge in [0.2, 0.25) is 5.91 Å². The van der Waals surface area contributed by atoms with Gasteiger partial charge in [0.05, 0.1) is 12.6 Å². The van der Waals surface area contributed by atoms with E-state index in [1.54, 1.807) is 24.8 Å². The Morgan fingerprint density at radius 3 is 2.60 bits per heavy atom. The first-order chi connectivity index (χ1) is 9.32. The monoisotopic (exact) mass is 279 g/mol. The average molecular weight is 279 g/mol. The third kappa shape index (κ3) is 2.43. The highest BCUT2D eigenvalue weighted by Crippen LogP contribution is 2.27. The molecule has 1 saturated heterocycles. The molecule has 6 nitrogen and oxygen atoms in total. The predicted octanol–water partition coefficient (Wildman–Crippen LogP) is 0.335. The molecule has 1 atom stereocenters. The van der Waals surface area contributed by atoms with Crippen LogP contribution in [-0.2, 0) is 9.59 Å². The van der Waals surface area contributed by atoms with E-state index in [2.05, 4.69) is 0 Å². The number of imide groups is 1. The van der Waals surface area contributed by atoms with Gasteiger partial charge in [-0.3, -0.25) is 14.5 Å². The molecule has 0 spiro atoms. The van der Waals surface area contributed by atoms with Crippen LogP contribution in [0.25, 0.3) is 0 Å². The zero-order valence-corrected chi connectivity index (χ0v) is 12.3. The van der Waals surface area contributed by atoms with E-state index in [1.165, 1.54) is 4.90 Å². The maximum Gasteiger partial charge on any atom is 0.280 e. The summed E-state index contributed by atoms with van der Waals surface area (Å²) in [6, 6.07) is -0.297. The normalized spacial score (nSPS) is 23.2. The Kier molecular flexibility index (Phi) is 3.85. The summed E-state index contributed by atoms with van der Waals surface area (Å²) in [7, 11) is 3.86. The minimum absolute atomic E-state index is 0.0665. The molecular formula is C14H21N3O3. The van der Waals surface area contributed by atoms with E-state index < -0.39 is 5.91 Å². The second-order valence-electron chi connectivity index (χ2n) is 5.71. The highest BCUT2D eigenvalue weighted by Gasteiger charge is 2.41. The van der Waals surface area contributed by atoms with Gasteiger partial charge in [0.15, 0.2) is 0 Å². The van der Waals surface area contributed by atoms with Gasteiger partial charge >= 0.3 is 0 Å². The summed E-state index contributed by atoms with van der Waals surface area (Å²) in [5.74, 6) is -0.703. The quantitative estimate of drug-likeness (QED) is 0.755. The van der Waals surface area contributed by atoms with Crippen LogP contribution in [0.3, 0.4) is 0 Å². The first-order valence-corrected chi connectivity index (χ1v) is 6.72. The highest BCUT2D eigenvalue weighted by molar-refractivity contribution is 6.08. The summed E-state index contributed by atoms with van der Waals surface area (Å²) < 4.78 is 0. The van der Waals surface area contributed by atoms with Crippen LogP contribution in [0, 0.1) is 0 Å². The molecule has 1 unspecified atom stereocenters. The lowest BCUT2D eigenvalue weighted by molar-refractivity contribution is -0.150. The standard InChI is InChI=1S/C14H21N3O3/c1-9(2)17-12(19)8-16-10(7-15(3)4)5-6-11(18)13(16)14(17)20/h5-6,9-10,18H,7-8H2,1-4H3. The van der Waals surface area contributed by atoms with Crippen molar-refractivity contribution in [2.24, 2.45) is 0 Å². The van der Waals surface area contributed by atoms with Crippen LogP contribution in [0.5, 0.6) is 0 Å². The second kappa shape index (κ2) is 5.28. The number of allylic oxidation sites excluding steroid dienone is 1. The van der Waals surface area contributed by atoms with Crippen molar-refractivity contribution in [1.29, 1.82) is 0 Å². The minimum atomic E-state index is -0.415. The van der Waals surface area contributed by atoms with Gasteiger partial charge in [-0.2, -0.15) is 0 Å². The number of likely N-dealkylation sites (N-methyl/N-ethyl adjacent to an activating group) is 1. The van der Waals surface area contributed by atoms with Gasteiger partial charge in [0, 0.05) is 12.6 Å². The zero-order valence-electron chi connectivity index (χ0n) is 12.3. The number of rotatable bonds is 3. The zero-order chi connectivity index (χ0) is 15.0. The maximum atomic E-state index is 12.5. The van der Waals surface area contributed by atoms with Crippen molar-refractivity contribution >= 4 is 11.8 Å². The number of carbonyl (C=O) groups excluding carboxylic acids is 2. The van der Waals surface area contributed by atoms with E-state index in [9.17, 15) is 14.7 Å². The number of fused-ring (bicyclic) bond motifs is 1. The summed E-state index contributed by atoms with van der Waals surface area (Å²) in [5, 5.41) is 9.99. The van der Waals surface area contributed by atoms with Crippen LogP contribution in [0.1, 0.15) is 13.8 Å². The first kappa shape index (κ1) is 14.6. The molecule has 1 fully saturated rings. The van der Waals surface area contributed by atoms with Crippen LogP contribution in [0.4, 0.5) is 0 Å². The molecule has 0 aromatic rings. The molecule has 2 aliphatic rings. The Morgan fingerprint density at radius 2 is 2.05 bits per heavy atom. The van der Waals surface area contributed by atoms with Crippen molar-refractivity contribution in [3.63, 3.8) is 0 Å². The van der Waals surface area contributed by atoms with Crippen molar-refractivity contribution in [3.05, 3.63) is 23.6 Å². The first-order valence-electron chi connectivity index (χ1n) is 6.72. The highest BCUT2D eigenvalue weighted by atomic mass is 16.3. The largest absolute Gasteiger partial charge is 0.506 e. The molecule has 2 rings (SSSR count). The lowest BCUT2D eigenvalue weighted by atomic mass is 10.0. The van der Waals surface area contributed by atoms with Gasteiger partial charge in [-0.05, 0) is 34.0 Å². The number of aliphatic hydroxyl groups is 1. The van der Waals surface area contributed by atoms with E-state index >= 15 is 0 Å². The van der Waals surface area contributed by atoms with Gasteiger partial charge in [-0.1, -0.05) is 6.08 Å². The van der Waals surface area contributed by atoms with Crippen LogP contribution in [0.15, 0.2) is 23.6 Å². The Balaban J connectivity index is 2.36. The van der Waals surface area contributed by atoms with E-state index in [1.807, 2.05) is 25.1 Å². The Morgan fingerprint density at radius 1 is 1.40 bits per heavy atom. The molecule has 110 valence electrons. The summed E-state index contributed by atoms with van der Waals surface area (Å²) in [6.45, 7) is 4.37. The summed E-state index contributed by atoms with van der Waals surface area (Å²) in [5.41, 5.74) is 0.229.